The number of fused-ring (bicyclic) bond motifs is 1. The summed E-state index contributed by atoms with van der Waals surface area (Å²) in [5.41, 5.74) is 1.84. The van der Waals surface area contributed by atoms with Crippen LogP contribution in [0.15, 0.2) is 29.8 Å². The molecule has 1 aliphatic heterocycles. The highest BCUT2D eigenvalue weighted by Crippen LogP contribution is 2.25. The van der Waals surface area contributed by atoms with Crippen molar-refractivity contribution in [1.82, 2.24) is 9.88 Å². The van der Waals surface area contributed by atoms with Gasteiger partial charge in [-0.2, -0.15) is 0 Å². The number of anilines is 1. The van der Waals surface area contributed by atoms with E-state index in [4.69, 9.17) is 4.74 Å². The first kappa shape index (κ1) is 12.9. The Hall–Kier alpha value is -2.08. The number of rotatable bonds is 2. The molecule has 104 valence electrons. The van der Waals surface area contributed by atoms with Gasteiger partial charge in [0.05, 0.1) is 7.11 Å². The lowest BCUT2D eigenvalue weighted by atomic mass is 10.1. The Morgan fingerprint density at radius 1 is 1.50 bits per heavy atom. The van der Waals surface area contributed by atoms with E-state index in [2.05, 4.69) is 21.7 Å². The summed E-state index contributed by atoms with van der Waals surface area (Å²) in [4.78, 5) is 19.6. The molecule has 0 atom stereocenters. The Morgan fingerprint density at radius 3 is 3.25 bits per heavy atom. The van der Waals surface area contributed by atoms with Gasteiger partial charge in [-0.3, -0.25) is 0 Å². The molecule has 1 aliphatic rings. The standard InChI is InChI=1S/C14H15N3O2S/c1-19-13-11(3-2-6-15-13)16-14(18)17-7-4-12-10(9-17)5-8-20-12/h2-3,5-6,8H,4,7,9H2,1H3,(H,16,18). The quantitative estimate of drug-likeness (QED) is 0.925. The molecule has 5 nitrogen and oxygen atoms in total. The van der Waals surface area contributed by atoms with Crippen LogP contribution in [0.3, 0.4) is 0 Å². The van der Waals surface area contributed by atoms with E-state index in [1.807, 2.05) is 4.90 Å². The molecule has 0 radical (unpaired) electrons. The lowest BCUT2D eigenvalue weighted by Gasteiger charge is -2.27. The fourth-order valence-electron chi connectivity index (χ4n) is 2.26. The van der Waals surface area contributed by atoms with Crippen LogP contribution >= 0.6 is 11.3 Å². The number of amides is 2. The van der Waals surface area contributed by atoms with Gasteiger partial charge in [-0.15, -0.1) is 11.3 Å². The van der Waals surface area contributed by atoms with Crippen LogP contribution in [0.2, 0.25) is 0 Å². The van der Waals surface area contributed by atoms with Gasteiger partial charge in [-0.1, -0.05) is 0 Å². The zero-order valence-corrected chi connectivity index (χ0v) is 11.9. The van der Waals surface area contributed by atoms with E-state index in [0.29, 0.717) is 18.1 Å². The number of ether oxygens (including phenoxy) is 1. The normalized spacial score (nSPS) is 13.8. The van der Waals surface area contributed by atoms with E-state index in [-0.39, 0.29) is 6.03 Å². The Morgan fingerprint density at radius 2 is 2.40 bits per heavy atom. The zero-order chi connectivity index (χ0) is 13.9. The van der Waals surface area contributed by atoms with Gasteiger partial charge >= 0.3 is 6.03 Å². The van der Waals surface area contributed by atoms with Crippen molar-refractivity contribution in [3.8, 4) is 5.88 Å². The molecule has 0 spiro atoms. The van der Waals surface area contributed by atoms with Gasteiger partial charge in [0.15, 0.2) is 0 Å². The summed E-state index contributed by atoms with van der Waals surface area (Å²) in [6, 6.07) is 5.52. The topological polar surface area (TPSA) is 54.5 Å². The highest BCUT2D eigenvalue weighted by atomic mass is 32.1. The van der Waals surface area contributed by atoms with Crippen LogP contribution in [-0.2, 0) is 13.0 Å². The average Bonchev–Trinajstić information content (AvgIpc) is 2.95. The predicted molar refractivity (Wildman–Crippen MR) is 78.2 cm³/mol. The van der Waals surface area contributed by atoms with Crippen LogP contribution in [0.25, 0.3) is 0 Å². The van der Waals surface area contributed by atoms with E-state index < -0.39 is 0 Å². The molecule has 0 saturated carbocycles. The second-order valence-corrected chi connectivity index (χ2v) is 5.53. The van der Waals surface area contributed by atoms with Crippen molar-refractivity contribution in [2.24, 2.45) is 0 Å². The molecule has 0 fully saturated rings. The minimum Gasteiger partial charge on any atom is -0.480 e. The van der Waals surface area contributed by atoms with Gasteiger partial charge in [0, 0.05) is 24.2 Å². The molecule has 2 amide bonds. The number of hydrogen-bond acceptors (Lipinski definition) is 4. The third kappa shape index (κ3) is 2.46. The molecule has 0 bridgehead atoms. The molecule has 6 heteroatoms. The molecule has 20 heavy (non-hydrogen) atoms. The van der Waals surface area contributed by atoms with Gasteiger partial charge in [0.2, 0.25) is 5.88 Å². The molecule has 2 aromatic heterocycles. The molecular formula is C14H15N3O2S. The summed E-state index contributed by atoms with van der Waals surface area (Å²) in [6.45, 7) is 1.40. The van der Waals surface area contributed by atoms with E-state index in [1.165, 1.54) is 17.6 Å². The van der Waals surface area contributed by atoms with Crippen molar-refractivity contribution in [2.45, 2.75) is 13.0 Å². The highest BCUT2D eigenvalue weighted by Gasteiger charge is 2.22. The number of nitrogens with one attached hydrogen (secondary N) is 1. The second-order valence-electron chi connectivity index (χ2n) is 4.53. The third-order valence-corrected chi connectivity index (χ3v) is 4.32. The molecule has 2 aromatic rings. The van der Waals surface area contributed by atoms with Crippen LogP contribution in [0.5, 0.6) is 5.88 Å². The minimum absolute atomic E-state index is 0.117. The van der Waals surface area contributed by atoms with Crippen molar-refractivity contribution in [2.75, 3.05) is 19.0 Å². The number of nitrogens with zero attached hydrogens (tertiary/aromatic N) is 2. The summed E-state index contributed by atoms with van der Waals surface area (Å²) < 4.78 is 5.13. The maximum Gasteiger partial charge on any atom is 0.322 e. The van der Waals surface area contributed by atoms with Crippen LogP contribution < -0.4 is 10.1 Å². The maximum atomic E-state index is 12.3. The molecule has 3 heterocycles. The first-order valence-electron chi connectivity index (χ1n) is 6.38. The number of aromatic nitrogens is 1. The zero-order valence-electron chi connectivity index (χ0n) is 11.1. The number of carbonyl (C=O) groups excluding carboxylic acids is 1. The van der Waals surface area contributed by atoms with Crippen LogP contribution in [0.4, 0.5) is 10.5 Å². The minimum atomic E-state index is -0.117. The Balaban J connectivity index is 1.71. The molecule has 0 unspecified atom stereocenters. The number of pyridine rings is 1. The van der Waals surface area contributed by atoms with Crippen molar-refractivity contribution >= 4 is 23.1 Å². The van der Waals surface area contributed by atoms with Gasteiger partial charge < -0.3 is 15.0 Å². The third-order valence-electron chi connectivity index (χ3n) is 3.30. The Labute approximate surface area is 121 Å². The second kappa shape index (κ2) is 5.50. The summed E-state index contributed by atoms with van der Waals surface area (Å²) in [6.07, 6.45) is 2.55. The Bertz CT molecular complexity index is 626. The summed E-state index contributed by atoms with van der Waals surface area (Å²) in [5.74, 6) is 0.425. The number of hydrogen-bond donors (Lipinski definition) is 1. The van der Waals surface area contributed by atoms with Crippen LogP contribution in [0, 0.1) is 0 Å². The fourth-order valence-corrected chi connectivity index (χ4v) is 3.15. The highest BCUT2D eigenvalue weighted by molar-refractivity contribution is 7.10. The maximum absolute atomic E-state index is 12.3. The SMILES string of the molecule is COc1ncccc1NC(=O)N1CCc2sccc2C1. The van der Waals surface area contributed by atoms with Gasteiger partial charge in [0.25, 0.3) is 0 Å². The Kier molecular flexibility index (Phi) is 3.56. The lowest BCUT2D eigenvalue weighted by molar-refractivity contribution is 0.206. The first-order valence-corrected chi connectivity index (χ1v) is 7.26. The van der Waals surface area contributed by atoms with Crippen molar-refractivity contribution in [3.63, 3.8) is 0 Å². The van der Waals surface area contributed by atoms with Crippen molar-refractivity contribution < 1.29 is 9.53 Å². The molecule has 0 saturated heterocycles. The van der Waals surface area contributed by atoms with Gasteiger partial charge in [0.1, 0.15) is 5.69 Å². The van der Waals surface area contributed by atoms with E-state index >= 15 is 0 Å². The van der Waals surface area contributed by atoms with Crippen molar-refractivity contribution in [1.29, 1.82) is 0 Å². The van der Waals surface area contributed by atoms with Gasteiger partial charge in [-0.25, -0.2) is 9.78 Å². The van der Waals surface area contributed by atoms with Crippen molar-refractivity contribution in [3.05, 3.63) is 40.2 Å². The number of urea groups is 1. The van der Waals surface area contributed by atoms with E-state index in [0.717, 1.165) is 13.0 Å². The molecular weight excluding hydrogens is 274 g/mol. The largest absolute Gasteiger partial charge is 0.480 e. The van der Waals surface area contributed by atoms with Crippen LogP contribution in [0.1, 0.15) is 10.4 Å². The lowest BCUT2D eigenvalue weighted by Crippen LogP contribution is -2.38. The average molecular weight is 289 g/mol. The first-order chi connectivity index (χ1) is 9.78. The molecule has 1 N–H and O–H groups in total. The smallest absolute Gasteiger partial charge is 0.322 e. The molecule has 0 aliphatic carbocycles. The summed E-state index contributed by atoms with van der Waals surface area (Å²) in [5, 5.41) is 4.94. The summed E-state index contributed by atoms with van der Waals surface area (Å²) >= 11 is 1.76. The molecule has 3 rings (SSSR count). The van der Waals surface area contributed by atoms with Gasteiger partial charge in [-0.05, 0) is 35.6 Å². The predicted octanol–water partition coefficient (Wildman–Crippen LogP) is 2.74. The molecule has 0 aromatic carbocycles. The number of carbonyl (C=O) groups is 1. The fraction of sp³-hybridized carbons (Fsp3) is 0.286. The number of thiophene rings is 1. The van der Waals surface area contributed by atoms with Crippen LogP contribution in [-0.4, -0.2) is 29.6 Å². The summed E-state index contributed by atoms with van der Waals surface area (Å²) in [7, 11) is 1.54. The van der Waals surface area contributed by atoms with E-state index in [9.17, 15) is 4.79 Å². The number of methoxy groups -OCH3 is 1. The van der Waals surface area contributed by atoms with E-state index in [1.54, 1.807) is 29.7 Å². The monoisotopic (exact) mass is 289 g/mol.